The van der Waals surface area contributed by atoms with Gasteiger partial charge < -0.3 is 19.4 Å². The Labute approximate surface area is 86.4 Å². The molecule has 0 unspecified atom stereocenters. The van der Waals surface area contributed by atoms with Gasteiger partial charge in [-0.25, -0.2) is 5.32 Å². The molecule has 0 amide bonds. The molecule has 0 saturated carbocycles. The van der Waals surface area contributed by atoms with Gasteiger partial charge in [-0.05, 0) is 13.8 Å². The highest BCUT2D eigenvalue weighted by Crippen LogP contribution is 2.26. The monoisotopic (exact) mass is 211 g/mol. The Bertz CT molecular complexity index is 460. The van der Waals surface area contributed by atoms with Crippen LogP contribution in [-0.2, 0) is 0 Å². The molecule has 2 heterocycles. The zero-order valence-corrected chi connectivity index (χ0v) is 8.66. The molecule has 0 aliphatic rings. The molecule has 2 aromatic rings. The fourth-order valence-corrected chi connectivity index (χ4v) is 1.38. The summed E-state index contributed by atoms with van der Waals surface area (Å²) in [7, 11) is 0. The van der Waals surface area contributed by atoms with Crippen molar-refractivity contribution in [1.29, 1.82) is 0 Å². The number of hydrogen-bond acceptors (Lipinski definition) is 5. The van der Waals surface area contributed by atoms with E-state index in [9.17, 15) is 5.21 Å². The number of rotatable bonds is 4. The Morgan fingerprint density at radius 2 is 2.07 bits per heavy atom. The molecule has 82 valence electrons. The van der Waals surface area contributed by atoms with Gasteiger partial charge in [0.2, 0.25) is 5.58 Å². The van der Waals surface area contributed by atoms with Gasteiger partial charge in [0.15, 0.2) is 0 Å². The molecule has 2 N–H and O–H groups in total. The summed E-state index contributed by atoms with van der Waals surface area (Å²) in [5.41, 5.74) is 1.32. The third-order valence-corrected chi connectivity index (χ3v) is 1.99. The van der Waals surface area contributed by atoms with Crippen molar-refractivity contribution in [1.82, 2.24) is 0 Å². The Hall–Kier alpha value is -1.85. The molecule has 0 atom stereocenters. The Morgan fingerprint density at radius 3 is 2.73 bits per heavy atom. The topological polar surface area (TPSA) is 77.3 Å². The van der Waals surface area contributed by atoms with Crippen LogP contribution >= 0.6 is 0 Å². The van der Waals surface area contributed by atoms with Gasteiger partial charge in [0.1, 0.15) is 12.0 Å². The largest absolute Gasteiger partial charge is 0.706 e. The number of nitrogens with one attached hydrogen (secondary N) is 2. The average molecular weight is 211 g/mol. The first-order valence-electron chi connectivity index (χ1n) is 4.89. The molecular formula is C9H13N3O3. The Kier molecular flexibility index (Phi) is 2.40. The number of aromatic nitrogens is 1. The van der Waals surface area contributed by atoms with Gasteiger partial charge in [-0.15, -0.1) is 0 Å². The minimum Gasteiger partial charge on any atom is -0.706 e. The fourth-order valence-electron chi connectivity index (χ4n) is 1.38. The SMILES string of the molecule is CCNc1coc2c1oc(NCC)[n+]2[O-]. The molecule has 0 radical (unpaired) electrons. The maximum atomic E-state index is 11.6. The van der Waals surface area contributed by atoms with Crippen molar-refractivity contribution in [2.24, 2.45) is 0 Å². The molecule has 6 nitrogen and oxygen atoms in total. The molecule has 0 aromatic carbocycles. The standard InChI is InChI=1S/C9H13N3O3/c1-3-10-6-5-14-8-7(6)15-9(11-4-2)12(8)13/h5,10-11H,3-4H2,1-2H3. The summed E-state index contributed by atoms with van der Waals surface area (Å²) < 4.78 is 11.1. The van der Waals surface area contributed by atoms with E-state index in [2.05, 4.69) is 10.6 Å². The number of nitrogens with zero attached hydrogens (tertiary/aromatic N) is 1. The van der Waals surface area contributed by atoms with Crippen molar-refractivity contribution in [3.05, 3.63) is 11.5 Å². The number of anilines is 2. The molecule has 0 aliphatic heterocycles. The van der Waals surface area contributed by atoms with Crippen LogP contribution in [0, 0.1) is 5.21 Å². The molecule has 2 rings (SSSR count). The van der Waals surface area contributed by atoms with E-state index >= 15 is 0 Å². The van der Waals surface area contributed by atoms with E-state index in [0.29, 0.717) is 22.5 Å². The molecule has 0 saturated heterocycles. The molecule has 15 heavy (non-hydrogen) atoms. The zero-order valence-electron chi connectivity index (χ0n) is 8.66. The van der Waals surface area contributed by atoms with Crippen LogP contribution in [0.1, 0.15) is 13.8 Å². The third kappa shape index (κ3) is 1.47. The van der Waals surface area contributed by atoms with Gasteiger partial charge in [-0.1, -0.05) is 0 Å². The van der Waals surface area contributed by atoms with Crippen LogP contribution < -0.4 is 15.4 Å². The lowest BCUT2D eigenvalue weighted by Gasteiger charge is -1.97. The lowest BCUT2D eigenvalue weighted by Crippen LogP contribution is -2.28. The van der Waals surface area contributed by atoms with E-state index in [1.165, 1.54) is 6.26 Å². The number of fused-ring (bicyclic) bond motifs is 1. The summed E-state index contributed by atoms with van der Waals surface area (Å²) in [4.78, 5) is 0. The van der Waals surface area contributed by atoms with E-state index < -0.39 is 0 Å². The fraction of sp³-hybridized carbons (Fsp3) is 0.444. The highest BCUT2D eigenvalue weighted by Gasteiger charge is 2.21. The highest BCUT2D eigenvalue weighted by atomic mass is 16.5. The minimum atomic E-state index is 0.158. The summed E-state index contributed by atoms with van der Waals surface area (Å²) in [6.07, 6.45) is 1.47. The molecule has 6 heteroatoms. The lowest BCUT2D eigenvalue weighted by atomic mass is 10.5. The molecule has 0 fully saturated rings. The maximum Gasteiger partial charge on any atom is 0.461 e. The predicted molar refractivity (Wildman–Crippen MR) is 55.8 cm³/mol. The van der Waals surface area contributed by atoms with Crippen LogP contribution in [0.2, 0.25) is 0 Å². The molecule has 0 aliphatic carbocycles. The predicted octanol–water partition coefficient (Wildman–Crippen LogP) is 1.52. The van der Waals surface area contributed by atoms with E-state index in [0.717, 1.165) is 6.54 Å². The van der Waals surface area contributed by atoms with Gasteiger partial charge in [0.05, 0.1) is 6.54 Å². The Morgan fingerprint density at radius 1 is 1.33 bits per heavy atom. The molecular weight excluding hydrogens is 198 g/mol. The zero-order chi connectivity index (χ0) is 10.8. The number of hydrogen-bond donors (Lipinski definition) is 2. The second kappa shape index (κ2) is 3.72. The normalized spacial score (nSPS) is 10.8. The number of furan rings is 1. The first kappa shape index (κ1) is 9.70. The van der Waals surface area contributed by atoms with E-state index in [1.54, 1.807) is 0 Å². The van der Waals surface area contributed by atoms with Crippen molar-refractivity contribution in [3.63, 3.8) is 0 Å². The average Bonchev–Trinajstić information content (AvgIpc) is 2.73. The first-order valence-corrected chi connectivity index (χ1v) is 4.89. The Balaban J connectivity index is 2.46. The van der Waals surface area contributed by atoms with E-state index in [4.69, 9.17) is 8.83 Å². The lowest BCUT2D eigenvalue weighted by molar-refractivity contribution is -0.573. The minimum absolute atomic E-state index is 0.158. The van der Waals surface area contributed by atoms with E-state index in [1.807, 2.05) is 13.8 Å². The summed E-state index contributed by atoms with van der Waals surface area (Å²) in [6, 6.07) is 0.158. The highest BCUT2D eigenvalue weighted by molar-refractivity contribution is 5.81. The van der Waals surface area contributed by atoms with Crippen LogP contribution in [0.4, 0.5) is 11.7 Å². The molecule has 0 bridgehead atoms. The smallest absolute Gasteiger partial charge is 0.461 e. The molecule has 2 aromatic heterocycles. The molecule has 0 spiro atoms. The van der Waals surface area contributed by atoms with Gasteiger partial charge in [-0.3, -0.25) is 0 Å². The van der Waals surface area contributed by atoms with Crippen molar-refractivity contribution in [2.45, 2.75) is 13.8 Å². The summed E-state index contributed by atoms with van der Waals surface area (Å²) in [5.74, 6) is 0. The van der Waals surface area contributed by atoms with Gasteiger partial charge in [-0.2, -0.15) is 4.73 Å². The summed E-state index contributed by atoms with van der Waals surface area (Å²) in [5, 5.41) is 17.4. The van der Waals surface area contributed by atoms with Crippen LogP contribution in [0.5, 0.6) is 0 Å². The van der Waals surface area contributed by atoms with Gasteiger partial charge in [0.25, 0.3) is 0 Å². The van der Waals surface area contributed by atoms with Crippen molar-refractivity contribution in [2.75, 3.05) is 23.7 Å². The van der Waals surface area contributed by atoms with Gasteiger partial charge in [0, 0.05) is 6.54 Å². The van der Waals surface area contributed by atoms with Crippen molar-refractivity contribution >= 4 is 23.0 Å². The second-order valence-electron chi connectivity index (χ2n) is 3.05. The second-order valence-corrected chi connectivity index (χ2v) is 3.05. The maximum absolute atomic E-state index is 11.6. The first-order chi connectivity index (χ1) is 7.27. The van der Waals surface area contributed by atoms with Crippen molar-refractivity contribution in [3.8, 4) is 0 Å². The van der Waals surface area contributed by atoms with Crippen LogP contribution in [0.3, 0.4) is 0 Å². The van der Waals surface area contributed by atoms with E-state index in [-0.39, 0.29) is 11.7 Å². The van der Waals surface area contributed by atoms with Crippen LogP contribution in [-0.4, -0.2) is 13.1 Å². The summed E-state index contributed by atoms with van der Waals surface area (Å²) >= 11 is 0. The van der Waals surface area contributed by atoms with Crippen LogP contribution in [0.25, 0.3) is 11.3 Å². The van der Waals surface area contributed by atoms with Crippen molar-refractivity contribution < 1.29 is 13.6 Å². The van der Waals surface area contributed by atoms with Gasteiger partial charge >= 0.3 is 11.7 Å². The quantitative estimate of drug-likeness (QED) is 0.592. The summed E-state index contributed by atoms with van der Waals surface area (Å²) in [6.45, 7) is 5.20. The number of oxazole rings is 1. The third-order valence-electron chi connectivity index (χ3n) is 1.99. The van der Waals surface area contributed by atoms with Crippen LogP contribution in [0.15, 0.2) is 15.1 Å².